The van der Waals surface area contributed by atoms with Crippen molar-refractivity contribution in [2.24, 2.45) is 5.16 Å². The van der Waals surface area contributed by atoms with E-state index in [-0.39, 0.29) is 18.5 Å². The minimum Gasteiger partial charge on any atom is -0.390 e. The van der Waals surface area contributed by atoms with Crippen molar-refractivity contribution >= 4 is 28.9 Å². The van der Waals surface area contributed by atoms with Crippen LogP contribution >= 0.6 is 23.2 Å². The lowest BCUT2D eigenvalue weighted by Gasteiger charge is -2.27. The molecule has 0 bridgehead atoms. The lowest BCUT2D eigenvalue weighted by molar-refractivity contribution is -0.00649. The summed E-state index contributed by atoms with van der Waals surface area (Å²) in [5, 5.41) is 15.9. The number of oxime groups is 1. The van der Waals surface area contributed by atoms with Gasteiger partial charge in [-0.25, -0.2) is 4.39 Å². The quantitative estimate of drug-likeness (QED) is 0.354. The Labute approximate surface area is 214 Å². The number of halogens is 3. The van der Waals surface area contributed by atoms with Crippen molar-refractivity contribution in [3.8, 4) is 0 Å². The normalized spacial score (nSPS) is 16.3. The molecular weight excluding hydrogens is 490 g/mol. The predicted molar refractivity (Wildman–Crippen MR) is 136 cm³/mol. The molecule has 0 unspecified atom stereocenters. The molecule has 0 aromatic heterocycles. The molecule has 5 nitrogen and oxygen atoms in total. The molecule has 0 spiro atoms. The number of nitrogens with zero attached hydrogens (tertiary/aromatic N) is 2. The van der Waals surface area contributed by atoms with Gasteiger partial charge in [0.2, 0.25) is 0 Å². The Balaban J connectivity index is 1.35. The smallest absolute Gasteiger partial charge is 0.145 e. The second-order valence-electron chi connectivity index (χ2n) is 8.57. The number of hydrogen-bond acceptors (Lipinski definition) is 5. The van der Waals surface area contributed by atoms with E-state index in [1.807, 2.05) is 36.4 Å². The predicted octanol–water partition coefficient (Wildman–Crippen LogP) is 5.71. The molecule has 0 saturated heterocycles. The molecule has 8 heteroatoms. The first-order valence-corrected chi connectivity index (χ1v) is 12.2. The number of hydrogen-bond donors (Lipinski definition) is 1. The Bertz CT molecular complexity index is 1130. The van der Waals surface area contributed by atoms with Crippen LogP contribution in [-0.2, 0) is 22.7 Å². The molecule has 0 radical (unpaired) electrons. The Morgan fingerprint density at radius 3 is 2.54 bits per heavy atom. The molecule has 1 N–H and O–H groups in total. The van der Waals surface area contributed by atoms with Gasteiger partial charge in [0.05, 0.1) is 35.1 Å². The van der Waals surface area contributed by atoms with Crippen LogP contribution in [0.5, 0.6) is 0 Å². The number of rotatable bonds is 11. The SMILES string of the molecule is O[C@@H](COCc1ccccc1)CN(Cc1ccc(F)cc1)C[C@H]1CC(c2ccc(Cl)c(Cl)c2)=NO1. The molecule has 4 rings (SSSR count). The number of ether oxygens (including phenoxy) is 1. The third-order valence-corrected chi connectivity index (χ3v) is 6.40. The van der Waals surface area contributed by atoms with Gasteiger partial charge in [0.1, 0.15) is 11.9 Å². The fourth-order valence-corrected chi connectivity index (χ4v) is 4.25. The van der Waals surface area contributed by atoms with Crippen LogP contribution < -0.4 is 0 Å². The summed E-state index contributed by atoms with van der Waals surface area (Å²) in [5.41, 5.74) is 3.64. The molecule has 1 aliphatic heterocycles. The largest absolute Gasteiger partial charge is 0.390 e. The molecule has 184 valence electrons. The third kappa shape index (κ3) is 7.75. The second kappa shape index (κ2) is 12.5. The first kappa shape index (κ1) is 25.6. The van der Waals surface area contributed by atoms with Crippen molar-refractivity contribution in [3.63, 3.8) is 0 Å². The van der Waals surface area contributed by atoms with Gasteiger partial charge < -0.3 is 14.7 Å². The monoisotopic (exact) mass is 516 g/mol. The summed E-state index contributed by atoms with van der Waals surface area (Å²) < 4.78 is 19.1. The molecule has 2 atom stereocenters. The maximum Gasteiger partial charge on any atom is 0.145 e. The summed E-state index contributed by atoms with van der Waals surface area (Å²) in [4.78, 5) is 7.77. The molecular formula is C27H27Cl2FN2O3. The van der Waals surface area contributed by atoms with E-state index in [4.69, 9.17) is 32.8 Å². The molecule has 3 aromatic rings. The highest BCUT2D eigenvalue weighted by molar-refractivity contribution is 6.42. The van der Waals surface area contributed by atoms with Crippen LogP contribution in [0.25, 0.3) is 0 Å². The maximum atomic E-state index is 13.4. The van der Waals surface area contributed by atoms with Gasteiger partial charge in [0.25, 0.3) is 0 Å². The van der Waals surface area contributed by atoms with Crippen molar-refractivity contribution < 1.29 is 19.1 Å². The number of aliphatic hydroxyl groups excluding tert-OH is 1. The zero-order chi connectivity index (χ0) is 24.6. The van der Waals surface area contributed by atoms with E-state index in [9.17, 15) is 9.50 Å². The van der Waals surface area contributed by atoms with E-state index in [2.05, 4.69) is 10.1 Å². The zero-order valence-electron chi connectivity index (χ0n) is 19.1. The van der Waals surface area contributed by atoms with Crippen LogP contribution in [0.2, 0.25) is 10.0 Å². The zero-order valence-corrected chi connectivity index (χ0v) is 20.6. The Morgan fingerprint density at radius 2 is 1.80 bits per heavy atom. The van der Waals surface area contributed by atoms with Gasteiger partial charge in [-0.1, -0.05) is 76.9 Å². The van der Waals surface area contributed by atoms with Crippen LogP contribution in [0, 0.1) is 5.82 Å². The van der Waals surface area contributed by atoms with E-state index in [0.717, 1.165) is 22.4 Å². The summed E-state index contributed by atoms with van der Waals surface area (Å²) in [6.45, 7) is 2.06. The lowest BCUT2D eigenvalue weighted by Crippen LogP contribution is -2.39. The van der Waals surface area contributed by atoms with E-state index in [1.54, 1.807) is 24.3 Å². The van der Waals surface area contributed by atoms with Gasteiger partial charge in [0, 0.05) is 31.6 Å². The second-order valence-corrected chi connectivity index (χ2v) is 9.39. The average Bonchev–Trinajstić information content (AvgIpc) is 3.31. The van der Waals surface area contributed by atoms with Crippen molar-refractivity contribution in [1.29, 1.82) is 0 Å². The minimum absolute atomic E-state index is 0.197. The van der Waals surface area contributed by atoms with Crippen LogP contribution in [0.1, 0.15) is 23.1 Å². The molecule has 0 amide bonds. The summed E-state index contributed by atoms with van der Waals surface area (Å²) in [7, 11) is 0. The van der Waals surface area contributed by atoms with E-state index >= 15 is 0 Å². The Morgan fingerprint density at radius 1 is 1.03 bits per heavy atom. The van der Waals surface area contributed by atoms with Gasteiger partial charge >= 0.3 is 0 Å². The van der Waals surface area contributed by atoms with Crippen LogP contribution in [0.3, 0.4) is 0 Å². The highest BCUT2D eigenvalue weighted by Gasteiger charge is 2.26. The van der Waals surface area contributed by atoms with Crippen LogP contribution in [0.4, 0.5) is 4.39 Å². The summed E-state index contributed by atoms with van der Waals surface area (Å²) in [5.74, 6) is -0.284. The maximum absolute atomic E-state index is 13.4. The van der Waals surface area contributed by atoms with Crippen molar-refractivity contribution in [1.82, 2.24) is 4.90 Å². The standard InChI is InChI=1S/C27H27Cl2FN2O3/c28-25-11-8-21(12-26(25)29)27-13-24(35-31-27)16-32(14-19-6-9-22(30)10-7-19)15-23(33)18-34-17-20-4-2-1-3-5-20/h1-12,23-24,33H,13-18H2/t23-,24-/m1/s1. The van der Waals surface area contributed by atoms with Crippen LogP contribution in [0.15, 0.2) is 78.0 Å². The molecule has 35 heavy (non-hydrogen) atoms. The van der Waals surface area contributed by atoms with Crippen LogP contribution in [-0.4, -0.2) is 47.6 Å². The molecule has 0 fully saturated rings. The Kier molecular flexibility index (Phi) is 9.12. The third-order valence-electron chi connectivity index (χ3n) is 5.66. The Hall–Kier alpha value is -2.48. The summed E-state index contributed by atoms with van der Waals surface area (Å²) in [6, 6.07) is 21.6. The average molecular weight is 517 g/mol. The van der Waals surface area contributed by atoms with Gasteiger partial charge in [-0.2, -0.15) is 0 Å². The number of benzene rings is 3. The molecule has 0 aliphatic carbocycles. The van der Waals surface area contributed by atoms with Gasteiger partial charge in [-0.05, 0) is 35.4 Å². The van der Waals surface area contributed by atoms with E-state index in [0.29, 0.717) is 42.7 Å². The van der Waals surface area contributed by atoms with Gasteiger partial charge in [-0.15, -0.1) is 0 Å². The minimum atomic E-state index is -0.698. The topological polar surface area (TPSA) is 54.3 Å². The number of aliphatic hydroxyl groups is 1. The van der Waals surface area contributed by atoms with E-state index in [1.165, 1.54) is 12.1 Å². The van der Waals surface area contributed by atoms with Crippen molar-refractivity contribution in [2.75, 3.05) is 19.7 Å². The highest BCUT2D eigenvalue weighted by atomic mass is 35.5. The molecule has 0 saturated carbocycles. The summed E-state index contributed by atoms with van der Waals surface area (Å²) >= 11 is 12.2. The molecule has 1 aliphatic rings. The fraction of sp³-hybridized carbons (Fsp3) is 0.296. The molecule has 3 aromatic carbocycles. The summed E-state index contributed by atoms with van der Waals surface area (Å²) in [6.07, 6.45) is -0.299. The first-order valence-electron chi connectivity index (χ1n) is 11.4. The van der Waals surface area contributed by atoms with Crippen molar-refractivity contribution in [3.05, 3.63) is 105 Å². The van der Waals surface area contributed by atoms with Gasteiger partial charge in [0.15, 0.2) is 0 Å². The molecule has 1 heterocycles. The van der Waals surface area contributed by atoms with E-state index < -0.39 is 6.10 Å². The lowest BCUT2D eigenvalue weighted by atomic mass is 10.0. The van der Waals surface area contributed by atoms with Gasteiger partial charge in [-0.3, -0.25) is 4.90 Å². The fourth-order valence-electron chi connectivity index (χ4n) is 3.95. The highest BCUT2D eigenvalue weighted by Crippen LogP contribution is 2.26. The first-order chi connectivity index (χ1) is 17.0. The van der Waals surface area contributed by atoms with Crippen molar-refractivity contribution in [2.45, 2.75) is 31.8 Å².